The summed E-state index contributed by atoms with van der Waals surface area (Å²) in [6.45, 7) is 2.49. The van der Waals surface area contributed by atoms with Crippen molar-refractivity contribution >= 4 is 16.8 Å². The summed E-state index contributed by atoms with van der Waals surface area (Å²) < 4.78 is 0. The molecule has 0 aliphatic rings. The van der Waals surface area contributed by atoms with E-state index >= 15 is 0 Å². The highest BCUT2D eigenvalue weighted by Gasteiger charge is 2.02. The van der Waals surface area contributed by atoms with Crippen LogP contribution in [-0.4, -0.2) is 17.4 Å². The third-order valence-corrected chi connectivity index (χ3v) is 2.69. The van der Waals surface area contributed by atoms with Crippen molar-refractivity contribution in [1.82, 2.24) is 10.3 Å². The summed E-state index contributed by atoms with van der Waals surface area (Å²) in [7, 11) is 0. The number of carbonyl (C=O) groups is 1. The molecule has 0 bridgehead atoms. The van der Waals surface area contributed by atoms with Gasteiger partial charge in [-0.25, -0.2) is 0 Å². The number of aromatic nitrogens is 1. The topological polar surface area (TPSA) is 44.9 Å². The third kappa shape index (κ3) is 2.75. The molecule has 1 aromatic heterocycles. The molecule has 3 heteroatoms. The molecule has 0 atom stereocenters. The highest BCUT2D eigenvalue weighted by Crippen LogP contribution is 2.17. The Bertz CT molecular complexity index is 540. The van der Waals surface area contributed by atoms with E-state index in [1.54, 1.807) is 6.08 Å². The molecule has 2 N–H and O–H groups in total. The zero-order chi connectivity index (χ0) is 12.1. The first kappa shape index (κ1) is 11.5. The zero-order valence-electron chi connectivity index (χ0n) is 9.86. The Labute approximate surface area is 101 Å². The van der Waals surface area contributed by atoms with Gasteiger partial charge < -0.3 is 10.3 Å². The van der Waals surface area contributed by atoms with Gasteiger partial charge in [-0.15, -0.1) is 0 Å². The molecule has 17 heavy (non-hydrogen) atoms. The van der Waals surface area contributed by atoms with Crippen LogP contribution >= 0.6 is 0 Å². The summed E-state index contributed by atoms with van der Waals surface area (Å²) in [6, 6.07) is 8.18. The molecule has 88 valence electrons. The summed E-state index contributed by atoms with van der Waals surface area (Å²) in [5.41, 5.74) is 2.38. The number of H-pyrrole nitrogens is 1. The van der Waals surface area contributed by atoms with Crippen molar-refractivity contribution in [2.24, 2.45) is 0 Å². The molecule has 0 saturated heterocycles. The van der Waals surface area contributed by atoms with Crippen molar-refractivity contribution in [3.63, 3.8) is 0 Å². The number of allylic oxidation sites excluding steroid dienone is 1. The Hall–Kier alpha value is -2.03. The van der Waals surface area contributed by atoms with Gasteiger partial charge in [0, 0.05) is 23.6 Å². The molecule has 2 rings (SSSR count). The minimum Gasteiger partial charge on any atom is -0.361 e. The van der Waals surface area contributed by atoms with E-state index in [0.29, 0.717) is 6.54 Å². The first-order valence-electron chi connectivity index (χ1n) is 5.77. The average Bonchev–Trinajstić information content (AvgIpc) is 2.73. The maximum Gasteiger partial charge on any atom is 0.243 e. The van der Waals surface area contributed by atoms with Gasteiger partial charge in [-0.1, -0.05) is 24.3 Å². The number of nitrogens with one attached hydrogen (secondary N) is 2. The summed E-state index contributed by atoms with van der Waals surface area (Å²) in [6.07, 6.45) is 6.12. The second-order valence-corrected chi connectivity index (χ2v) is 3.90. The van der Waals surface area contributed by atoms with Crippen molar-refractivity contribution in [3.8, 4) is 0 Å². The number of hydrogen-bond donors (Lipinski definition) is 2. The molecule has 0 aliphatic carbocycles. The maximum absolute atomic E-state index is 11.2. The van der Waals surface area contributed by atoms with Crippen LogP contribution in [0.5, 0.6) is 0 Å². The first-order valence-corrected chi connectivity index (χ1v) is 5.77. The van der Waals surface area contributed by atoms with E-state index in [4.69, 9.17) is 0 Å². The molecule has 0 spiro atoms. The smallest absolute Gasteiger partial charge is 0.243 e. The normalized spacial score (nSPS) is 11.1. The standard InChI is InChI=1S/C14H16N2O/c1-2-5-14(17)15-9-8-11-10-16-13-7-4-3-6-12(11)13/h2-7,10,16H,8-9H2,1H3,(H,15,17)/b5-2+. The molecule has 1 heterocycles. The quantitative estimate of drug-likeness (QED) is 0.775. The highest BCUT2D eigenvalue weighted by atomic mass is 16.1. The van der Waals surface area contributed by atoms with Gasteiger partial charge >= 0.3 is 0 Å². The van der Waals surface area contributed by atoms with Gasteiger partial charge in [-0.2, -0.15) is 0 Å². The minimum atomic E-state index is -0.0349. The lowest BCUT2D eigenvalue weighted by Crippen LogP contribution is -2.23. The maximum atomic E-state index is 11.2. The van der Waals surface area contributed by atoms with Crippen molar-refractivity contribution in [1.29, 1.82) is 0 Å². The Morgan fingerprint density at radius 2 is 2.24 bits per heavy atom. The van der Waals surface area contributed by atoms with Gasteiger partial charge in [0.1, 0.15) is 0 Å². The summed E-state index contributed by atoms with van der Waals surface area (Å²) >= 11 is 0. The van der Waals surface area contributed by atoms with Gasteiger partial charge in [0.25, 0.3) is 0 Å². The molecule has 0 unspecified atom stereocenters. The number of benzene rings is 1. The van der Waals surface area contributed by atoms with Crippen molar-refractivity contribution in [2.45, 2.75) is 13.3 Å². The lowest BCUT2D eigenvalue weighted by molar-refractivity contribution is -0.116. The van der Waals surface area contributed by atoms with Gasteiger partial charge in [0.2, 0.25) is 5.91 Å². The van der Waals surface area contributed by atoms with Crippen LogP contribution < -0.4 is 5.32 Å². The van der Waals surface area contributed by atoms with Crippen LogP contribution in [0.2, 0.25) is 0 Å². The molecule has 3 nitrogen and oxygen atoms in total. The molecule has 0 radical (unpaired) electrons. The number of carbonyl (C=O) groups excluding carboxylic acids is 1. The largest absolute Gasteiger partial charge is 0.361 e. The Morgan fingerprint density at radius 1 is 1.41 bits per heavy atom. The Balaban J connectivity index is 1.97. The van der Waals surface area contributed by atoms with Crippen LogP contribution in [0.3, 0.4) is 0 Å². The second-order valence-electron chi connectivity index (χ2n) is 3.90. The number of amides is 1. The van der Waals surface area contributed by atoms with E-state index in [0.717, 1.165) is 11.9 Å². The number of hydrogen-bond acceptors (Lipinski definition) is 1. The molecule has 2 aromatic rings. The second kappa shape index (κ2) is 5.34. The van der Waals surface area contributed by atoms with Crippen LogP contribution in [-0.2, 0) is 11.2 Å². The number of fused-ring (bicyclic) bond motifs is 1. The molecule has 0 aliphatic heterocycles. The van der Waals surface area contributed by atoms with E-state index in [1.807, 2.05) is 25.3 Å². The molecule has 1 amide bonds. The van der Waals surface area contributed by atoms with Crippen molar-refractivity contribution < 1.29 is 4.79 Å². The van der Waals surface area contributed by atoms with Gasteiger partial charge in [-0.3, -0.25) is 4.79 Å². The van der Waals surface area contributed by atoms with Gasteiger partial charge in [0.15, 0.2) is 0 Å². The van der Waals surface area contributed by atoms with Crippen LogP contribution in [0.4, 0.5) is 0 Å². The van der Waals surface area contributed by atoms with Crippen molar-refractivity contribution in [2.75, 3.05) is 6.54 Å². The zero-order valence-corrected chi connectivity index (χ0v) is 9.86. The number of aromatic amines is 1. The summed E-state index contributed by atoms with van der Waals surface area (Å²) in [5.74, 6) is -0.0349. The van der Waals surface area contributed by atoms with Gasteiger partial charge in [-0.05, 0) is 31.1 Å². The molecular formula is C14H16N2O. The fraction of sp³-hybridized carbons (Fsp3) is 0.214. The summed E-state index contributed by atoms with van der Waals surface area (Å²) in [4.78, 5) is 14.5. The van der Waals surface area contributed by atoms with Crippen LogP contribution in [0.25, 0.3) is 10.9 Å². The van der Waals surface area contributed by atoms with E-state index < -0.39 is 0 Å². The third-order valence-electron chi connectivity index (χ3n) is 2.69. The van der Waals surface area contributed by atoms with E-state index in [9.17, 15) is 4.79 Å². The van der Waals surface area contributed by atoms with Crippen molar-refractivity contribution in [3.05, 3.63) is 48.2 Å². The fourth-order valence-electron chi connectivity index (χ4n) is 1.87. The highest BCUT2D eigenvalue weighted by molar-refractivity contribution is 5.87. The van der Waals surface area contributed by atoms with E-state index in [2.05, 4.69) is 22.4 Å². The van der Waals surface area contributed by atoms with Crippen LogP contribution in [0.15, 0.2) is 42.6 Å². The van der Waals surface area contributed by atoms with Gasteiger partial charge in [0.05, 0.1) is 0 Å². The molecule has 1 aromatic carbocycles. The lowest BCUT2D eigenvalue weighted by Gasteiger charge is -2.01. The molecular weight excluding hydrogens is 212 g/mol. The summed E-state index contributed by atoms with van der Waals surface area (Å²) in [5, 5.41) is 4.08. The number of para-hydroxylation sites is 1. The molecule has 0 fully saturated rings. The Morgan fingerprint density at radius 3 is 3.06 bits per heavy atom. The lowest BCUT2D eigenvalue weighted by atomic mass is 10.1. The Kier molecular flexibility index (Phi) is 3.60. The molecule has 0 saturated carbocycles. The predicted molar refractivity (Wildman–Crippen MR) is 69.8 cm³/mol. The minimum absolute atomic E-state index is 0.0349. The van der Waals surface area contributed by atoms with Crippen LogP contribution in [0, 0.1) is 0 Å². The van der Waals surface area contributed by atoms with Crippen LogP contribution in [0.1, 0.15) is 12.5 Å². The number of rotatable bonds is 4. The first-order chi connectivity index (χ1) is 8.31. The predicted octanol–water partition coefficient (Wildman–Crippen LogP) is 2.40. The average molecular weight is 228 g/mol. The fourth-order valence-corrected chi connectivity index (χ4v) is 1.87. The monoisotopic (exact) mass is 228 g/mol. The SMILES string of the molecule is C/C=C/C(=O)NCCc1c[nH]c2ccccc12. The van der Waals surface area contributed by atoms with E-state index in [1.165, 1.54) is 17.0 Å². The van der Waals surface area contributed by atoms with E-state index in [-0.39, 0.29) is 5.91 Å².